The maximum Gasteiger partial charge on any atom is 0.224 e. The highest BCUT2D eigenvalue weighted by atomic mass is 16.1. The van der Waals surface area contributed by atoms with Crippen LogP contribution in [0.3, 0.4) is 0 Å². The van der Waals surface area contributed by atoms with Crippen molar-refractivity contribution in [3.8, 4) is 0 Å². The molecule has 0 aromatic carbocycles. The molecule has 1 amide bonds. The van der Waals surface area contributed by atoms with Crippen molar-refractivity contribution in [1.82, 2.24) is 4.98 Å². The molecule has 1 aliphatic rings. The molecule has 17 heavy (non-hydrogen) atoms. The summed E-state index contributed by atoms with van der Waals surface area (Å²) in [5, 5.41) is 2.85. The molecule has 0 aliphatic heterocycles. The summed E-state index contributed by atoms with van der Waals surface area (Å²) >= 11 is 0. The molecule has 1 aliphatic carbocycles. The molecule has 2 rings (SSSR count). The first-order valence-electron chi connectivity index (χ1n) is 6.24. The monoisotopic (exact) mass is 233 g/mol. The number of nitrogens with two attached hydrogens (primary N) is 1. The fourth-order valence-electron chi connectivity index (χ4n) is 2.39. The van der Waals surface area contributed by atoms with Gasteiger partial charge in [-0.15, -0.1) is 0 Å². The van der Waals surface area contributed by atoms with E-state index in [1.54, 1.807) is 18.5 Å². The summed E-state index contributed by atoms with van der Waals surface area (Å²) in [4.78, 5) is 15.8. The summed E-state index contributed by atoms with van der Waals surface area (Å²) < 4.78 is 0. The Balaban J connectivity index is 1.84. The predicted molar refractivity (Wildman–Crippen MR) is 68.5 cm³/mol. The van der Waals surface area contributed by atoms with E-state index >= 15 is 0 Å². The van der Waals surface area contributed by atoms with Gasteiger partial charge in [0, 0.05) is 12.6 Å². The molecule has 0 spiro atoms. The molecule has 4 nitrogen and oxygen atoms in total. The number of anilines is 2. The second kappa shape index (κ2) is 5.66. The number of rotatable bonds is 3. The molecule has 1 aromatic heterocycles. The minimum atomic E-state index is 0.0734. The third-order valence-electron chi connectivity index (χ3n) is 3.24. The Morgan fingerprint density at radius 3 is 2.82 bits per heavy atom. The first-order chi connectivity index (χ1) is 8.24. The van der Waals surface area contributed by atoms with E-state index in [2.05, 4.69) is 10.3 Å². The van der Waals surface area contributed by atoms with Crippen LogP contribution in [-0.2, 0) is 4.79 Å². The smallest absolute Gasteiger partial charge is 0.224 e. The second-order valence-electron chi connectivity index (χ2n) is 4.76. The number of carbonyl (C=O) groups excluding carboxylic acids is 1. The molecule has 3 N–H and O–H groups in total. The van der Waals surface area contributed by atoms with E-state index in [9.17, 15) is 4.79 Å². The molecule has 0 bridgehead atoms. The molecular weight excluding hydrogens is 214 g/mol. The standard InChI is InChI=1S/C13H19N3O/c14-11-7-12(9-15-8-11)16-13(17)6-10-4-2-1-3-5-10/h7-10H,1-6,14H2,(H,16,17). The third-order valence-corrected chi connectivity index (χ3v) is 3.24. The predicted octanol–water partition coefficient (Wildman–Crippen LogP) is 2.57. The van der Waals surface area contributed by atoms with E-state index < -0.39 is 0 Å². The Morgan fingerprint density at radius 2 is 2.12 bits per heavy atom. The van der Waals surface area contributed by atoms with Crippen LogP contribution in [0.5, 0.6) is 0 Å². The van der Waals surface area contributed by atoms with Crippen molar-refractivity contribution in [2.45, 2.75) is 38.5 Å². The first kappa shape index (κ1) is 11.9. The quantitative estimate of drug-likeness (QED) is 0.843. The average molecular weight is 233 g/mol. The average Bonchev–Trinajstić information content (AvgIpc) is 2.30. The zero-order valence-corrected chi connectivity index (χ0v) is 9.98. The van der Waals surface area contributed by atoms with Crippen LogP contribution in [0.1, 0.15) is 38.5 Å². The van der Waals surface area contributed by atoms with E-state index in [1.807, 2.05) is 0 Å². The Labute approximate surface area is 102 Å². The molecule has 92 valence electrons. The van der Waals surface area contributed by atoms with Crippen LogP contribution in [0.2, 0.25) is 0 Å². The van der Waals surface area contributed by atoms with E-state index in [1.165, 1.54) is 32.1 Å². The number of nitrogen functional groups attached to an aromatic ring is 1. The topological polar surface area (TPSA) is 68.0 Å². The zero-order valence-electron chi connectivity index (χ0n) is 9.98. The minimum absolute atomic E-state index is 0.0734. The number of amides is 1. The summed E-state index contributed by atoms with van der Waals surface area (Å²) in [5.41, 5.74) is 6.86. The van der Waals surface area contributed by atoms with Gasteiger partial charge >= 0.3 is 0 Å². The lowest BCUT2D eigenvalue weighted by atomic mass is 9.87. The maximum absolute atomic E-state index is 11.8. The van der Waals surface area contributed by atoms with E-state index in [0.717, 1.165) is 0 Å². The van der Waals surface area contributed by atoms with Crippen LogP contribution in [0, 0.1) is 5.92 Å². The van der Waals surface area contributed by atoms with Crippen molar-refractivity contribution in [2.24, 2.45) is 5.92 Å². The minimum Gasteiger partial charge on any atom is -0.397 e. The molecule has 0 atom stereocenters. The molecular formula is C13H19N3O. The number of aromatic nitrogens is 1. The van der Waals surface area contributed by atoms with Crippen LogP contribution >= 0.6 is 0 Å². The molecule has 1 saturated carbocycles. The fraction of sp³-hybridized carbons (Fsp3) is 0.538. The number of nitrogens with one attached hydrogen (secondary N) is 1. The lowest BCUT2D eigenvalue weighted by Gasteiger charge is -2.20. The van der Waals surface area contributed by atoms with Crippen LogP contribution < -0.4 is 11.1 Å². The molecule has 0 saturated heterocycles. The van der Waals surface area contributed by atoms with Gasteiger partial charge in [-0.3, -0.25) is 9.78 Å². The molecule has 4 heteroatoms. The van der Waals surface area contributed by atoms with Crippen molar-refractivity contribution in [2.75, 3.05) is 11.1 Å². The van der Waals surface area contributed by atoms with Gasteiger partial charge in [-0.1, -0.05) is 19.3 Å². The van der Waals surface area contributed by atoms with Crippen molar-refractivity contribution >= 4 is 17.3 Å². The third kappa shape index (κ3) is 3.73. The summed E-state index contributed by atoms with van der Waals surface area (Å²) in [6.07, 6.45) is 10.0. The van der Waals surface area contributed by atoms with Gasteiger partial charge in [0.1, 0.15) is 0 Å². The van der Waals surface area contributed by atoms with E-state index in [-0.39, 0.29) is 5.91 Å². The lowest BCUT2D eigenvalue weighted by molar-refractivity contribution is -0.117. The number of hydrogen-bond donors (Lipinski definition) is 2. The molecule has 1 heterocycles. The molecule has 0 unspecified atom stereocenters. The van der Waals surface area contributed by atoms with Gasteiger partial charge in [-0.05, 0) is 24.8 Å². The highest BCUT2D eigenvalue weighted by molar-refractivity contribution is 5.91. The number of hydrogen-bond acceptors (Lipinski definition) is 3. The van der Waals surface area contributed by atoms with Crippen molar-refractivity contribution < 1.29 is 4.79 Å². The highest BCUT2D eigenvalue weighted by Gasteiger charge is 2.16. The Kier molecular flexibility index (Phi) is 3.96. The summed E-state index contributed by atoms with van der Waals surface area (Å²) in [5.74, 6) is 0.627. The second-order valence-corrected chi connectivity index (χ2v) is 4.76. The number of carbonyl (C=O) groups is 1. The highest BCUT2D eigenvalue weighted by Crippen LogP contribution is 2.26. The molecule has 1 aromatic rings. The van der Waals surface area contributed by atoms with Gasteiger partial charge in [0.15, 0.2) is 0 Å². The van der Waals surface area contributed by atoms with Gasteiger partial charge in [-0.2, -0.15) is 0 Å². The zero-order chi connectivity index (χ0) is 12.1. The van der Waals surface area contributed by atoms with Crippen LogP contribution in [0.25, 0.3) is 0 Å². The Bertz CT molecular complexity index is 386. The molecule has 0 radical (unpaired) electrons. The normalized spacial score (nSPS) is 16.7. The summed E-state index contributed by atoms with van der Waals surface area (Å²) in [7, 11) is 0. The van der Waals surface area contributed by atoms with Crippen molar-refractivity contribution in [3.05, 3.63) is 18.5 Å². The summed E-state index contributed by atoms with van der Waals surface area (Å²) in [6, 6.07) is 1.73. The lowest BCUT2D eigenvalue weighted by Crippen LogP contribution is -2.18. The van der Waals surface area contributed by atoms with E-state index in [0.29, 0.717) is 23.7 Å². The van der Waals surface area contributed by atoms with Gasteiger partial charge < -0.3 is 11.1 Å². The fourth-order valence-corrected chi connectivity index (χ4v) is 2.39. The van der Waals surface area contributed by atoms with Crippen LogP contribution in [-0.4, -0.2) is 10.9 Å². The van der Waals surface area contributed by atoms with Crippen LogP contribution in [0.15, 0.2) is 18.5 Å². The van der Waals surface area contributed by atoms with Gasteiger partial charge in [-0.25, -0.2) is 0 Å². The number of nitrogens with zero attached hydrogens (tertiary/aromatic N) is 1. The summed E-state index contributed by atoms with van der Waals surface area (Å²) in [6.45, 7) is 0. The van der Waals surface area contributed by atoms with Crippen molar-refractivity contribution in [1.29, 1.82) is 0 Å². The largest absolute Gasteiger partial charge is 0.397 e. The van der Waals surface area contributed by atoms with Gasteiger partial charge in [0.25, 0.3) is 0 Å². The van der Waals surface area contributed by atoms with Crippen LogP contribution in [0.4, 0.5) is 11.4 Å². The first-order valence-corrected chi connectivity index (χ1v) is 6.24. The maximum atomic E-state index is 11.8. The van der Waals surface area contributed by atoms with Crippen molar-refractivity contribution in [3.63, 3.8) is 0 Å². The number of pyridine rings is 1. The SMILES string of the molecule is Nc1cncc(NC(=O)CC2CCCCC2)c1. The van der Waals surface area contributed by atoms with Gasteiger partial charge in [0.2, 0.25) is 5.91 Å². The Morgan fingerprint density at radius 1 is 1.35 bits per heavy atom. The van der Waals surface area contributed by atoms with E-state index in [4.69, 9.17) is 5.73 Å². The Hall–Kier alpha value is -1.58. The van der Waals surface area contributed by atoms with Gasteiger partial charge in [0.05, 0.1) is 17.6 Å². The molecule has 1 fully saturated rings.